The number of nitrogens with two attached hydrogens (primary N) is 1. The third-order valence-corrected chi connectivity index (χ3v) is 3.28. The maximum absolute atomic E-state index is 10.9. The molecular formula is C14H21N3O2. The highest BCUT2D eigenvalue weighted by Crippen LogP contribution is 2.05. The molecule has 1 aromatic rings. The number of amides is 1. The molecule has 1 aliphatic rings. The molecule has 104 valence electrons. The van der Waals surface area contributed by atoms with E-state index in [9.17, 15) is 4.79 Å². The molecule has 0 radical (unpaired) electrons. The Balaban J connectivity index is 1.74. The molecule has 1 saturated heterocycles. The van der Waals surface area contributed by atoms with Crippen molar-refractivity contribution in [3.63, 3.8) is 0 Å². The fraction of sp³-hybridized carbons (Fsp3) is 0.500. The van der Waals surface area contributed by atoms with Gasteiger partial charge in [-0.3, -0.25) is 4.79 Å². The Labute approximate surface area is 113 Å². The molecule has 1 amide bonds. The Morgan fingerprint density at radius 1 is 1.47 bits per heavy atom. The molecule has 0 bridgehead atoms. The number of benzene rings is 1. The molecule has 0 aliphatic carbocycles. The molecule has 1 heterocycles. The van der Waals surface area contributed by atoms with Crippen LogP contribution in [0.1, 0.15) is 15.9 Å². The van der Waals surface area contributed by atoms with Gasteiger partial charge in [0.1, 0.15) is 0 Å². The fourth-order valence-electron chi connectivity index (χ4n) is 2.15. The second kappa shape index (κ2) is 6.65. The molecule has 0 unspecified atom stereocenters. The van der Waals surface area contributed by atoms with Crippen LogP contribution in [0.4, 0.5) is 0 Å². The van der Waals surface area contributed by atoms with Gasteiger partial charge >= 0.3 is 0 Å². The van der Waals surface area contributed by atoms with Gasteiger partial charge in [0.05, 0.1) is 12.7 Å². The summed E-state index contributed by atoms with van der Waals surface area (Å²) in [5, 5.41) is 3.37. The second-order valence-corrected chi connectivity index (χ2v) is 4.95. The fourth-order valence-corrected chi connectivity index (χ4v) is 2.15. The van der Waals surface area contributed by atoms with E-state index in [-0.39, 0.29) is 6.10 Å². The summed E-state index contributed by atoms with van der Waals surface area (Å²) < 4.78 is 5.67. The number of morpholine rings is 1. The summed E-state index contributed by atoms with van der Waals surface area (Å²) in [5.41, 5.74) is 6.87. The lowest BCUT2D eigenvalue weighted by Crippen LogP contribution is -2.44. The lowest BCUT2D eigenvalue weighted by Gasteiger charge is -2.30. The summed E-state index contributed by atoms with van der Waals surface area (Å²) in [4.78, 5) is 13.2. The van der Waals surface area contributed by atoms with Crippen molar-refractivity contribution in [2.75, 3.05) is 33.3 Å². The molecule has 1 aliphatic heterocycles. The van der Waals surface area contributed by atoms with Crippen LogP contribution in [0.5, 0.6) is 0 Å². The van der Waals surface area contributed by atoms with Gasteiger partial charge in [-0.1, -0.05) is 12.1 Å². The number of hydrogen-bond donors (Lipinski definition) is 2. The summed E-state index contributed by atoms with van der Waals surface area (Å²) in [6.07, 6.45) is 0.253. The van der Waals surface area contributed by atoms with Gasteiger partial charge in [0.25, 0.3) is 0 Å². The second-order valence-electron chi connectivity index (χ2n) is 4.95. The number of primary amides is 1. The highest BCUT2D eigenvalue weighted by Gasteiger charge is 2.16. The van der Waals surface area contributed by atoms with Gasteiger partial charge < -0.3 is 20.7 Å². The van der Waals surface area contributed by atoms with E-state index >= 15 is 0 Å². The van der Waals surface area contributed by atoms with Crippen LogP contribution in [0.15, 0.2) is 24.3 Å². The topological polar surface area (TPSA) is 67.6 Å². The van der Waals surface area contributed by atoms with E-state index in [2.05, 4.69) is 17.3 Å². The van der Waals surface area contributed by atoms with Crippen molar-refractivity contribution in [3.8, 4) is 0 Å². The minimum atomic E-state index is -0.391. The van der Waals surface area contributed by atoms with E-state index in [1.54, 1.807) is 12.1 Å². The zero-order chi connectivity index (χ0) is 13.7. The summed E-state index contributed by atoms with van der Waals surface area (Å²) in [5.74, 6) is -0.391. The van der Waals surface area contributed by atoms with E-state index in [1.165, 1.54) is 0 Å². The zero-order valence-corrected chi connectivity index (χ0v) is 11.3. The molecule has 0 spiro atoms. The first-order valence-corrected chi connectivity index (χ1v) is 6.55. The van der Waals surface area contributed by atoms with E-state index in [4.69, 9.17) is 10.5 Å². The first-order valence-electron chi connectivity index (χ1n) is 6.55. The number of nitrogens with zero attached hydrogens (tertiary/aromatic N) is 1. The van der Waals surface area contributed by atoms with Gasteiger partial charge in [0, 0.05) is 31.7 Å². The normalized spacial score (nSPS) is 20.4. The van der Waals surface area contributed by atoms with Crippen LogP contribution < -0.4 is 11.1 Å². The van der Waals surface area contributed by atoms with Crippen LogP contribution in [0.2, 0.25) is 0 Å². The van der Waals surface area contributed by atoms with Crippen LogP contribution >= 0.6 is 0 Å². The lowest BCUT2D eigenvalue weighted by atomic mass is 10.1. The Bertz CT molecular complexity index is 419. The largest absolute Gasteiger partial charge is 0.374 e. The zero-order valence-electron chi connectivity index (χ0n) is 11.3. The van der Waals surface area contributed by atoms with Gasteiger partial charge in [-0.25, -0.2) is 0 Å². The third-order valence-electron chi connectivity index (χ3n) is 3.28. The van der Waals surface area contributed by atoms with Crippen molar-refractivity contribution >= 4 is 5.91 Å². The predicted octanol–water partition coefficient (Wildman–Crippen LogP) is 0.206. The van der Waals surface area contributed by atoms with Crippen LogP contribution in [0, 0.1) is 0 Å². The standard InChI is InChI=1S/C14H21N3O2/c1-17-6-7-19-13(10-17)9-16-8-11-2-4-12(5-3-11)14(15)18/h2-5,13,16H,6-10H2,1H3,(H2,15,18)/t13-/m0/s1. The SMILES string of the molecule is CN1CCO[C@@H](CNCc2ccc(C(N)=O)cc2)C1. The lowest BCUT2D eigenvalue weighted by molar-refractivity contribution is -0.0182. The number of ether oxygens (including phenoxy) is 1. The summed E-state index contributed by atoms with van der Waals surface area (Å²) >= 11 is 0. The highest BCUT2D eigenvalue weighted by atomic mass is 16.5. The van der Waals surface area contributed by atoms with Crippen molar-refractivity contribution in [3.05, 3.63) is 35.4 Å². The number of nitrogens with one attached hydrogen (secondary N) is 1. The first kappa shape index (κ1) is 14.0. The molecule has 0 saturated carbocycles. The molecule has 2 rings (SSSR count). The quantitative estimate of drug-likeness (QED) is 0.796. The van der Waals surface area contributed by atoms with Gasteiger partial charge in [-0.15, -0.1) is 0 Å². The summed E-state index contributed by atoms with van der Waals surface area (Å²) in [6.45, 7) is 4.37. The number of hydrogen-bond acceptors (Lipinski definition) is 4. The Morgan fingerprint density at radius 3 is 2.84 bits per heavy atom. The molecule has 19 heavy (non-hydrogen) atoms. The maximum atomic E-state index is 10.9. The van der Waals surface area contributed by atoms with E-state index in [0.29, 0.717) is 5.56 Å². The summed E-state index contributed by atoms with van der Waals surface area (Å²) in [7, 11) is 2.11. The van der Waals surface area contributed by atoms with Gasteiger partial charge in [-0.05, 0) is 24.7 Å². The average molecular weight is 263 g/mol. The molecule has 1 aromatic carbocycles. The molecule has 0 aromatic heterocycles. The van der Waals surface area contributed by atoms with Crippen LogP contribution in [-0.2, 0) is 11.3 Å². The molecule has 1 atom stereocenters. The predicted molar refractivity (Wildman–Crippen MR) is 73.9 cm³/mol. The number of carbonyl (C=O) groups is 1. The van der Waals surface area contributed by atoms with Crippen LogP contribution in [0.3, 0.4) is 0 Å². The van der Waals surface area contributed by atoms with Crippen LogP contribution in [0.25, 0.3) is 0 Å². The highest BCUT2D eigenvalue weighted by molar-refractivity contribution is 5.92. The molecule has 5 heteroatoms. The molecule has 1 fully saturated rings. The minimum Gasteiger partial charge on any atom is -0.374 e. The van der Waals surface area contributed by atoms with Gasteiger partial charge in [0.2, 0.25) is 5.91 Å². The van der Waals surface area contributed by atoms with E-state index in [0.717, 1.165) is 38.3 Å². The van der Waals surface area contributed by atoms with E-state index < -0.39 is 5.91 Å². The van der Waals surface area contributed by atoms with E-state index in [1.807, 2.05) is 12.1 Å². The van der Waals surface area contributed by atoms with Gasteiger partial charge in [-0.2, -0.15) is 0 Å². The smallest absolute Gasteiger partial charge is 0.248 e. The number of carbonyl (C=O) groups excluding carboxylic acids is 1. The third kappa shape index (κ3) is 4.31. The summed E-state index contributed by atoms with van der Waals surface area (Å²) in [6, 6.07) is 7.34. The monoisotopic (exact) mass is 263 g/mol. The Morgan fingerprint density at radius 2 is 2.21 bits per heavy atom. The molecule has 5 nitrogen and oxygen atoms in total. The van der Waals surface area contributed by atoms with Crippen LogP contribution in [-0.4, -0.2) is 50.2 Å². The van der Waals surface area contributed by atoms with Gasteiger partial charge in [0.15, 0.2) is 0 Å². The van der Waals surface area contributed by atoms with Crippen molar-refractivity contribution in [1.29, 1.82) is 0 Å². The number of rotatable bonds is 5. The average Bonchev–Trinajstić information content (AvgIpc) is 2.39. The molecule has 3 N–H and O–H groups in total. The minimum absolute atomic E-state index is 0.253. The Kier molecular flexibility index (Phi) is 4.90. The van der Waals surface area contributed by atoms with Crippen molar-refractivity contribution in [2.24, 2.45) is 5.73 Å². The van der Waals surface area contributed by atoms with Crippen molar-refractivity contribution in [1.82, 2.24) is 10.2 Å². The maximum Gasteiger partial charge on any atom is 0.248 e. The van der Waals surface area contributed by atoms with Crippen molar-refractivity contribution < 1.29 is 9.53 Å². The first-order chi connectivity index (χ1) is 9.15. The van der Waals surface area contributed by atoms with Crippen molar-refractivity contribution in [2.45, 2.75) is 12.6 Å². The Hall–Kier alpha value is -1.43. The number of likely N-dealkylation sites (N-methyl/N-ethyl adjacent to an activating group) is 1. The molecular weight excluding hydrogens is 242 g/mol.